The molecule has 0 bridgehead atoms. The van der Waals surface area contributed by atoms with Crippen LogP contribution < -0.4 is 5.73 Å². The minimum Gasteiger partial charge on any atom is -0.363 e. The maximum absolute atomic E-state index is 13.9. The number of carbonyl (C=O) groups is 1. The van der Waals surface area contributed by atoms with E-state index in [9.17, 15) is 13.6 Å². The maximum atomic E-state index is 13.9. The Bertz CT molecular complexity index is 663. The van der Waals surface area contributed by atoms with Gasteiger partial charge in [0, 0.05) is 12.0 Å². The fourth-order valence-electron chi connectivity index (χ4n) is 2.55. The monoisotopic (exact) mass is 278 g/mol. The Hall–Kier alpha value is -2.31. The van der Waals surface area contributed by atoms with Gasteiger partial charge in [0.1, 0.15) is 17.5 Å². The van der Waals surface area contributed by atoms with Gasteiger partial charge in [0.2, 0.25) is 5.82 Å². The van der Waals surface area contributed by atoms with Crippen LogP contribution in [0.2, 0.25) is 0 Å². The van der Waals surface area contributed by atoms with Crippen molar-refractivity contribution >= 4 is 5.91 Å². The molecule has 20 heavy (non-hydrogen) atoms. The van der Waals surface area contributed by atoms with Gasteiger partial charge in [-0.2, -0.15) is 0 Å². The lowest BCUT2D eigenvalue weighted by Gasteiger charge is -2.24. The summed E-state index contributed by atoms with van der Waals surface area (Å²) in [6, 6.07) is 3.13. The summed E-state index contributed by atoms with van der Waals surface area (Å²) in [4.78, 5) is 15.1. The molecule has 1 amide bonds. The summed E-state index contributed by atoms with van der Waals surface area (Å²) in [6.45, 7) is 0. The number of amides is 1. The third kappa shape index (κ3) is 1.95. The molecule has 3 rings (SSSR count). The molecule has 1 aromatic heterocycles. The van der Waals surface area contributed by atoms with Crippen molar-refractivity contribution in [2.75, 3.05) is 0 Å². The van der Waals surface area contributed by atoms with E-state index in [0.717, 1.165) is 6.42 Å². The van der Waals surface area contributed by atoms with E-state index in [1.807, 2.05) is 0 Å². The lowest BCUT2D eigenvalue weighted by atomic mass is 9.97. The SMILES string of the molecule is NC(=O)c1nc2n(n1)C(c1c(F)cccc1F)CCC2. The molecule has 2 aromatic rings. The van der Waals surface area contributed by atoms with Crippen LogP contribution in [-0.4, -0.2) is 20.7 Å². The first-order valence-electron chi connectivity index (χ1n) is 6.27. The number of carbonyl (C=O) groups excluding carboxylic acids is 1. The van der Waals surface area contributed by atoms with E-state index in [0.29, 0.717) is 18.7 Å². The van der Waals surface area contributed by atoms with Gasteiger partial charge in [-0.25, -0.2) is 18.4 Å². The van der Waals surface area contributed by atoms with Crippen LogP contribution in [-0.2, 0) is 6.42 Å². The third-order valence-electron chi connectivity index (χ3n) is 3.43. The van der Waals surface area contributed by atoms with Crippen molar-refractivity contribution in [3.63, 3.8) is 0 Å². The molecule has 7 heteroatoms. The van der Waals surface area contributed by atoms with E-state index in [1.54, 1.807) is 0 Å². The van der Waals surface area contributed by atoms with Gasteiger partial charge in [-0.05, 0) is 25.0 Å². The van der Waals surface area contributed by atoms with Gasteiger partial charge in [-0.1, -0.05) is 6.07 Å². The molecule has 1 unspecified atom stereocenters. The first kappa shape index (κ1) is 12.7. The van der Waals surface area contributed by atoms with Gasteiger partial charge < -0.3 is 5.73 Å². The van der Waals surface area contributed by atoms with Gasteiger partial charge in [-0.3, -0.25) is 4.79 Å². The summed E-state index contributed by atoms with van der Waals surface area (Å²) in [5.41, 5.74) is 5.10. The van der Waals surface area contributed by atoms with Gasteiger partial charge in [0.15, 0.2) is 0 Å². The van der Waals surface area contributed by atoms with Crippen LogP contribution in [0.5, 0.6) is 0 Å². The highest BCUT2D eigenvalue weighted by molar-refractivity contribution is 5.88. The van der Waals surface area contributed by atoms with Crippen molar-refractivity contribution in [3.05, 3.63) is 47.0 Å². The maximum Gasteiger partial charge on any atom is 0.288 e. The second-order valence-electron chi connectivity index (χ2n) is 4.70. The average molecular weight is 278 g/mol. The molecule has 2 heterocycles. The second-order valence-corrected chi connectivity index (χ2v) is 4.70. The predicted octanol–water partition coefficient (Wildman–Crippen LogP) is 1.58. The molecule has 5 nitrogen and oxygen atoms in total. The number of nitrogens with two attached hydrogens (primary N) is 1. The second kappa shape index (κ2) is 4.66. The molecule has 1 aliphatic rings. The van der Waals surface area contributed by atoms with E-state index >= 15 is 0 Å². The smallest absolute Gasteiger partial charge is 0.288 e. The van der Waals surface area contributed by atoms with E-state index in [-0.39, 0.29) is 11.4 Å². The van der Waals surface area contributed by atoms with Gasteiger partial charge >= 0.3 is 0 Å². The highest BCUT2D eigenvalue weighted by Gasteiger charge is 2.29. The Morgan fingerprint density at radius 3 is 2.70 bits per heavy atom. The number of primary amides is 1. The van der Waals surface area contributed by atoms with Crippen LogP contribution in [0, 0.1) is 11.6 Å². The van der Waals surface area contributed by atoms with Crippen LogP contribution in [0.15, 0.2) is 18.2 Å². The van der Waals surface area contributed by atoms with Crippen LogP contribution in [0.1, 0.15) is 40.9 Å². The molecule has 1 aromatic carbocycles. The molecule has 0 saturated heterocycles. The number of hydrogen-bond donors (Lipinski definition) is 1. The molecule has 0 radical (unpaired) electrons. The Labute approximate surface area is 113 Å². The largest absolute Gasteiger partial charge is 0.363 e. The van der Waals surface area contributed by atoms with Crippen LogP contribution in [0.3, 0.4) is 0 Å². The predicted molar refractivity (Wildman–Crippen MR) is 66.0 cm³/mol. The first-order valence-corrected chi connectivity index (χ1v) is 6.27. The minimum absolute atomic E-state index is 0.0469. The zero-order valence-electron chi connectivity index (χ0n) is 10.5. The van der Waals surface area contributed by atoms with E-state index in [1.165, 1.54) is 22.9 Å². The van der Waals surface area contributed by atoms with Crippen LogP contribution in [0.25, 0.3) is 0 Å². The summed E-state index contributed by atoms with van der Waals surface area (Å²) < 4.78 is 29.2. The number of aryl methyl sites for hydroxylation is 1. The number of benzene rings is 1. The molecular formula is C13H12F2N4O. The fourth-order valence-corrected chi connectivity index (χ4v) is 2.55. The van der Waals surface area contributed by atoms with Crippen molar-refractivity contribution in [2.24, 2.45) is 5.73 Å². The fraction of sp³-hybridized carbons (Fsp3) is 0.308. The van der Waals surface area contributed by atoms with Crippen molar-refractivity contribution in [1.29, 1.82) is 0 Å². The first-order chi connectivity index (χ1) is 9.58. The Kier molecular flexibility index (Phi) is 2.96. The summed E-state index contributed by atoms with van der Waals surface area (Å²) in [5.74, 6) is -1.60. The number of fused-ring (bicyclic) bond motifs is 1. The standard InChI is InChI=1S/C13H12F2N4O/c14-7-3-1-4-8(15)11(7)9-5-2-6-10-17-13(12(16)20)18-19(9)10/h1,3-4,9H,2,5-6H2,(H2,16,20). The minimum atomic E-state index is -0.750. The quantitative estimate of drug-likeness (QED) is 0.906. The zero-order valence-corrected chi connectivity index (χ0v) is 10.5. The summed E-state index contributed by atoms with van der Waals surface area (Å²) in [6.07, 6.45) is 1.86. The van der Waals surface area contributed by atoms with Gasteiger partial charge in [0.05, 0.1) is 6.04 Å². The molecule has 104 valence electrons. The third-order valence-corrected chi connectivity index (χ3v) is 3.43. The lowest BCUT2D eigenvalue weighted by molar-refractivity contribution is 0.0990. The topological polar surface area (TPSA) is 73.8 Å². The van der Waals surface area contributed by atoms with E-state index in [4.69, 9.17) is 5.73 Å². The molecule has 0 aliphatic carbocycles. The van der Waals surface area contributed by atoms with Crippen molar-refractivity contribution in [1.82, 2.24) is 14.8 Å². The highest BCUT2D eigenvalue weighted by Crippen LogP contribution is 2.32. The van der Waals surface area contributed by atoms with Crippen molar-refractivity contribution in [3.8, 4) is 0 Å². The summed E-state index contributed by atoms with van der Waals surface area (Å²) in [7, 11) is 0. The Morgan fingerprint density at radius 1 is 1.35 bits per heavy atom. The molecule has 1 aliphatic heterocycles. The van der Waals surface area contributed by atoms with Crippen molar-refractivity contribution in [2.45, 2.75) is 25.3 Å². The number of hydrogen-bond acceptors (Lipinski definition) is 3. The molecule has 0 saturated carbocycles. The van der Waals surface area contributed by atoms with Crippen LogP contribution >= 0.6 is 0 Å². The molecule has 2 N–H and O–H groups in total. The molecule has 0 spiro atoms. The number of nitrogens with zero attached hydrogens (tertiary/aromatic N) is 3. The van der Waals surface area contributed by atoms with Crippen LogP contribution in [0.4, 0.5) is 8.78 Å². The van der Waals surface area contributed by atoms with E-state index in [2.05, 4.69) is 10.1 Å². The number of rotatable bonds is 2. The van der Waals surface area contributed by atoms with Crippen molar-refractivity contribution < 1.29 is 13.6 Å². The molecule has 0 fully saturated rings. The van der Waals surface area contributed by atoms with Gasteiger partial charge in [0.25, 0.3) is 5.91 Å². The highest BCUT2D eigenvalue weighted by atomic mass is 19.1. The lowest BCUT2D eigenvalue weighted by Crippen LogP contribution is -2.22. The zero-order chi connectivity index (χ0) is 14.3. The van der Waals surface area contributed by atoms with Gasteiger partial charge in [-0.15, -0.1) is 5.10 Å². The number of aromatic nitrogens is 3. The molecule has 1 atom stereocenters. The Morgan fingerprint density at radius 2 is 2.05 bits per heavy atom. The average Bonchev–Trinajstić information content (AvgIpc) is 2.83. The number of halogens is 2. The van der Waals surface area contributed by atoms with E-state index < -0.39 is 23.6 Å². The normalized spacial score (nSPS) is 17.8. The summed E-state index contributed by atoms with van der Waals surface area (Å²) in [5, 5.41) is 3.99. The Balaban J connectivity index is 2.12. The molecular weight excluding hydrogens is 266 g/mol. The summed E-state index contributed by atoms with van der Waals surface area (Å²) >= 11 is 0.